The van der Waals surface area contributed by atoms with Gasteiger partial charge in [0.1, 0.15) is 6.29 Å². The summed E-state index contributed by atoms with van der Waals surface area (Å²) < 4.78 is 0. The molecule has 3 aromatic carbocycles. The van der Waals surface area contributed by atoms with Gasteiger partial charge in [-0.05, 0) is 11.1 Å². The molecule has 0 unspecified atom stereocenters. The first kappa shape index (κ1) is 65.2. The molecule has 0 aliphatic rings. The number of carbonyl (C=O) groups excluding carboxylic acids is 1. The summed E-state index contributed by atoms with van der Waals surface area (Å²) in [6, 6.07) is 30.0. The number of benzene rings is 3. The van der Waals surface area contributed by atoms with Crippen LogP contribution in [-0.2, 0) is 17.6 Å². The maximum Gasteiger partial charge on any atom is 0.307 e. The number of hydrogen-bond acceptors (Lipinski definition) is 3. The molecule has 0 saturated carbocycles. The zero-order valence-corrected chi connectivity index (χ0v) is 34.5. The van der Waals surface area contributed by atoms with Crippen molar-refractivity contribution in [3.05, 3.63) is 108 Å². The summed E-state index contributed by atoms with van der Waals surface area (Å²) in [7, 11) is 0. The minimum Gasteiger partial charge on any atom is -0.481 e. The van der Waals surface area contributed by atoms with Crippen molar-refractivity contribution in [1.82, 2.24) is 0 Å². The van der Waals surface area contributed by atoms with Crippen LogP contribution in [0.2, 0.25) is 0 Å². The zero-order valence-electron chi connectivity index (χ0n) is 28.0. The molecule has 0 radical (unpaired) electrons. The molecule has 258 valence electrons. The Labute approximate surface area is 304 Å². The van der Waals surface area contributed by atoms with Crippen LogP contribution in [0.5, 0.6) is 0 Å². The topological polar surface area (TPSA) is 78.2 Å². The Kier molecular flexibility index (Phi) is 108. The summed E-state index contributed by atoms with van der Waals surface area (Å²) >= 11 is 5.30. The average molecular weight is 953 g/mol. The first-order valence-electron chi connectivity index (χ1n) is 14.6. The van der Waals surface area contributed by atoms with E-state index in [1.54, 1.807) is 24.3 Å². The number of aldehydes is 1. The summed E-state index contributed by atoms with van der Waals surface area (Å²) in [6.45, 7) is 24.0. The summed E-state index contributed by atoms with van der Waals surface area (Å²) in [5.41, 5.74) is 2.66. The van der Waals surface area contributed by atoms with Crippen molar-refractivity contribution in [2.45, 2.75) is 111 Å². The normalized spacial score (nSPS) is 6.66. The minimum atomic E-state index is -0.786. The standard InChI is InChI=1S/C8H7N.C8H8O2.C7H6O.6C2H6.2CH4.I3/c9-7-6-8-4-2-1-3-5-8;9-8(10)6-7-4-2-1-3-5-7;8-6-7-4-2-1-3-5-7;6*1-2;;;1-3-2/h1-5H,6H2;1-5H,6H2,(H,9,10);1-6H;6*1-2H3;2*1H4;/q;;;;;;;;;;;-1. The van der Waals surface area contributed by atoms with Crippen LogP contribution in [0.1, 0.15) is 119 Å². The summed E-state index contributed by atoms with van der Waals surface area (Å²) in [5, 5.41) is 16.6. The van der Waals surface area contributed by atoms with Gasteiger partial charge in [-0.1, -0.05) is 189 Å². The molecule has 0 heterocycles. The Morgan fingerprint density at radius 3 is 1.16 bits per heavy atom. The fourth-order valence-corrected chi connectivity index (χ4v) is 1.99. The van der Waals surface area contributed by atoms with E-state index in [2.05, 4.69) is 43.3 Å². The largest absolute Gasteiger partial charge is 0.481 e. The van der Waals surface area contributed by atoms with Crippen LogP contribution in [0.4, 0.5) is 0 Å². The first-order chi connectivity index (χ1) is 20.6. The van der Waals surface area contributed by atoms with E-state index in [0.717, 1.165) is 23.0 Å². The number of carbonyl (C=O) groups is 2. The second kappa shape index (κ2) is 73.2. The van der Waals surface area contributed by atoms with Gasteiger partial charge >= 0.3 is 56.5 Å². The van der Waals surface area contributed by atoms with Gasteiger partial charge in [-0.15, -0.1) is 0 Å². The smallest absolute Gasteiger partial charge is 0.307 e. The number of nitriles is 1. The van der Waals surface area contributed by atoms with Crippen molar-refractivity contribution in [3.63, 3.8) is 0 Å². The molecule has 0 aliphatic heterocycles. The maximum atomic E-state index is 10.2. The Morgan fingerprint density at radius 1 is 0.659 bits per heavy atom. The Balaban J connectivity index is -0.0000000483. The number of nitrogens with zero attached hydrogens (tertiary/aromatic N) is 1. The molecular formula is C37H65I3NO3-. The van der Waals surface area contributed by atoms with E-state index in [1.165, 1.54) is 0 Å². The fourth-order valence-electron chi connectivity index (χ4n) is 1.99. The number of carboxylic acid groups (broad SMARTS) is 1. The van der Waals surface area contributed by atoms with Gasteiger partial charge in [0.05, 0.1) is 18.9 Å². The summed E-state index contributed by atoms with van der Waals surface area (Å²) in [5.74, 6) is -0.786. The van der Waals surface area contributed by atoms with Crippen LogP contribution in [0.3, 0.4) is 0 Å². The molecule has 44 heavy (non-hydrogen) atoms. The maximum absolute atomic E-state index is 10.2. The molecule has 7 heteroatoms. The number of hydrogen-bond donors (Lipinski definition) is 1. The third-order valence-corrected chi connectivity index (χ3v) is 3.26. The van der Waals surface area contributed by atoms with Crippen LogP contribution in [0.15, 0.2) is 91.0 Å². The fraction of sp³-hybridized carbons (Fsp3) is 0.432. The number of aliphatic carboxylic acids is 1. The van der Waals surface area contributed by atoms with Crippen LogP contribution in [0, 0.1) is 11.3 Å². The van der Waals surface area contributed by atoms with Gasteiger partial charge < -0.3 is 5.11 Å². The second-order valence-corrected chi connectivity index (χ2v) is 21.7. The van der Waals surface area contributed by atoms with Crippen molar-refractivity contribution in [2.75, 3.05) is 0 Å². The Hall–Kier alpha value is -1.52. The van der Waals surface area contributed by atoms with Crippen molar-refractivity contribution >= 4 is 49.5 Å². The van der Waals surface area contributed by atoms with Gasteiger partial charge in [0, 0.05) is 5.56 Å². The molecular weight excluding hydrogens is 887 g/mol. The van der Waals surface area contributed by atoms with Crippen LogP contribution in [0.25, 0.3) is 0 Å². The van der Waals surface area contributed by atoms with E-state index in [0.29, 0.717) is 19.7 Å². The van der Waals surface area contributed by atoms with E-state index in [4.69, 9.17) is 10.4 Å². The summed E-state index contributed by atoms with van der Waals surface area (Å²) in [6.07, 6.45) is 1.46. The SMILES string of the molecule is C.C.CC.CC.CC.CC.CC.CC.I[I-]I.N#CCc1ccccc1.O=C(O)Cc1ccccc1.O=Cc1ccccc1. The third kappa shape index (κ3) is 63.7. The predicted octanol–water partition coefficient (Wildman–Crippen LogP) is 10.8. The average Bonchev–Trinajstić information content (AvgIpc) is 3.09. The number of halogens is 3. The van der Waals surface area contributed by atoms with Gasteiger partial charge in [-0.2, -0.15) is 5.26 Å². The number of rotatable bonds is 4. The zero-order chi connectivity index (χ0) is 34.5. The molecule has 3 aromatic rings. The van der Waals surface area contributed by atoms with Gasteiger partial charge in [0.2, 0.25) is 0 Å². The number of carboxylic acids is 1. The first-order valence-corrected chi connectivity index (χ1v) is 27.2. The van der Waals surface area contributed by atoms with Crippen LogP contribution >= 0.6 is 37.2 Å². The molecule has 3 rings (SSSR count). The van der Waals surface area contributed by atoms with Gasteiger partial charge in [0.15, 0.2) is 0 Å². The van der Waals surface area contributed by atoms with Crippen molar-refractivity contribution in [2.24, 2.45) is 0 Å². The van der Waals surface area contributed by atoms with Crippen molar-refractivity contribution in [1.29, 1.82) is 5.26 Å². The van der Waals surface area contributed by atoms with Crippen molar-refractivity contribution in [3.8, 4) is 6.07 Å². The molecule has 0 saturated heterocycles. The molecule has 0 spiro atoms. The Bertz CT molecular complexity index is 859. The quantitative estimate of drug-likeness (QED) is 0.209. The molecule has 0 fully saturated rings. The van der Waals surface area contributed by atoms with E-state index >= 15 is 0 Å². The second-order valence-electron chi connectivity index (χ2n) is 5.46. The van der Waals surface area contributed by atoms with Crippen LogP contribution in [-0.4, -0.2) is 17.4 Å². The van der Waals surface area contributed by atoms with Crippen molar-refractivity contribution < 1.29 is 28.0 Å². The van der Waals surface area contributed by atoms with E-state index in [9.17, 15) is 9.59 Å². The third-order valence-electron chi connectivity index (χ3n) is 3.26. The molecule has 0 bridgehead atoms. The molecule has 0 aromatic heterocycles. The monoisotopic (exact) mass is 952 g/mol. The van der Waals surface area contributed by atoms with Crippen LogP contribution < -0.4 is 13.3 Å². The predicted molar refractivity (Wildman–Crippen MR) is 215 cm³/mol. The van der Waals surface area contributed by atoms with E-state index in [1.807, 2.05) is 150 Å². The molecule has 4 nitrogen and oxygen atoms in total. The molecule has 0 atom stereocenters. The van der Waals surface area contributed by atoms with Gasteiger partial charge in [-0.3, -0.25) is 9.59 Å². The van der Waals surface area contributed by atoms with Gasteiger partial charge in [-0.25, -0.2) is 0 Å². The summed E-state index contributed by atoms with van der Waals surface area (Å²) in [4.78, 5) is 20.2. The molecule has 0 aliphatic carbocycles. The molecule has 1 N–H and O–H groups in total. The van der Waals surface area contributed by atoms with E-state index in [-0.39, 0.29) is 21.3 Å². The van der Waals surface area contributed by atoms with E-state index < -0.39 is 5.97 Å². The Morgan fingerprint density at radius 2 is 0.932 bits per heavy atom. The minimum absolute atomic E-state index is 0. The molecule has 0 amide bonds. The van der Waals surface area contributed by atoms with Gasteiger partial charge in [0.25, 0.3) is 0 Å².